The Kier molecular flexibility index (Phi) is 3.91. The van der Waals surface area contributed by atoms with Gasteiger partial charge in [-0.1, -0.05) is 12.1 Å². The lowest BCUT2D eigenvalue weighted by atomic mass is 10.2. The van der Waals surface area contributed by atoms with Gasteiger partial charge in [-0.05, 0) is 35.9 Å². The fourth-order valence-electron chi connectivity index (χ4n) is 1.74. The molecule has 0 aliphatic heterocycles. The highest BCUT2D eigenvalue weighted by atomic mass is 32.2. The van der Waals surface area contributed by atoms with Crippen molar-refractivity contribution < 1.29 is 12.8 Å². The third kappa shape index (κ3) is 3.69. The van der Waals surface area contributed by atoms with Gasteiger partial charge in [0.25, 0.3) is 0 Å². The first kappa shape index (κ1) is 14.3. The van der Waals surface area contributed by atoms with Gasteiger partial charge in [-0.2, -0.15) is 0 Å². The maximum Gasteiger partial charge on any atom is 0.238 e. The lowest BCUT2D eigenvalue weighted by molar-refractivity contribution is 0.598. The third-order valence-corrected chi connectivity index (χ3v) is 3.54. The molecule has 0 aromatic heterocycles. The summed E-state index contributed by atoms with van der Waals surface area (Å²) in [5.41, 5.74) is 7.13. The number of primary sulfonamides is 1. The summed E-state index contributed by atoms with van der Waals surface area (Å²) in [6.07, 6.45) is 0. The number of benzene rings is 2. The predicted molar refractivity (Wildman–Crippen MR) is 76.0 cm³/mol. The van der Waals surface area contributed by atoms with E-state index >= 15 is 0 Å². The van der Waals surface area contributed by atoms with Crippen molar-refractivity contribution in [3.05, 3.63) is 53.8 Å². The predicted octanol–water partition coefficient (Wildman–Crippen LogP) is 1.67. The number of sulfonamides is 1. The Hall–Kier alpha value is -2.12. The lowest BCUT2D eigenvalue weighted by Crippen LogP contribution is -2.13. The molecule has 0 heterocycles. The van der Waals surface area contributed by atoms with Gasteiger partial charge in [0, 0.05) is 17.9 Å². The average molecular weight is 295 g/mol. The zero-order valence-electron chi connectivity index (χ0n) is 10.5. The Balaban J connectivity index is 2.20. The van der Waals surface area contributed by atoms with E-state index in [0.29, 0.717) is 12.2 Å². The number of hydrogen-bond donors (Lipinski definition) is 3. The van der Waals surface area contributed by atoms with Gasteiger partial charge in [0.1, 0.15) is 5.82 Å². The molecule has 7 heteroatoms. The molecule has 0 saturated carbocycles. The van der Waals surface area contributed by atoms with E-state index in [1.807, 2.05) is 0 Å². The van der Waals surface area contributed by atoms with Crippen LogP contribution in [0.25, 0.3) is 0 Å². The maximum absolute atomic E-state index is 13.0. The molecule has 0 atom stereocenters. The number of halogens is 1. The Morgan fingerprint density at radius 1 is 1.15 bits per heavy atom. The molecule has 0 aliphatic carbocycles. The Morgan fingerprint density at radius 3 is 2.55 bits per heavy atom. The maximum atomic E-state index is 13.0. The van der Waals surface area contributed by atoms with Crippen molar-refractivity contribution in [1.82, 2.24) is 0 Å². The molecule has 0 bridgehead atoms. The average Bonchev–Trinajstić information content (AvgIpc) is 2.35. The van der Waals surface area contributed by atoms with Crippen LogP contribution in [-0.4, -0.2) is 8.42 Å². The van der Waals surface area contributed by atoms with E-state index in [-0.39, 0.29) is 16.4 Å². The Labute approximate surface area is 116 Å². The molecule has 2 rings (SSSR count). The molecule has 0 unspecified atom stereocenters. The first-order valence-electron chi connectivity index (χ1n) is 5.76. The van der Waals surface area contributed by atoms with Crippen LogP contribution in [0.15, 0.2) is 47.4 Å². The number of nitrogens with two attached hydrogens (primary N) is 2. The molecule has 5 N–H and O–H groups in total. The van der Waals surface area contributed by atoms with Crippen molar-refractivity contribution in [3.63, 3.8) is 0 Å². The van der Waals surface area contributed by atoms with Crippen LogP contribution in [0.2, 0.25) is 0 Å². The van der Waals surface area contributed by atoms with Crippen LogP contribution < -0.4 is 16.2 Å². The second-order valence-electron chi connectivity index (χ2n) is 4.32. The number of hydrogen-bond acceptors (Lipinski definition) is 4. The zero-order chi connectivity index (χ0) is 14.8. The SMILES string of the molecule is Nc1cc(NCc2cccc(F)c2)cc(S(N)(=O)=O)c1. The van der Waals surface area contributed by atoms with Gasteiger partial charge in [0.05, 0.1) is 4.90 Å². The van der Waals surface area contributed by atoms with Crippen LogP contribution in [0, 0.1) is 5.82 Å². The monoisotopic (exact) mass is 295 g/mol. The van der Waals surface area contributed by atoms with Gasteiger partial charge in [-0.25, -0.2) is 17.9 Å². The summed E-state index contributed by atoms with van der Waals surface area (Å²) >= 11 is 0. The van der Waals surface area contributed by atoms with Gasteiger partial charge in [-0.3, -0.25) is 0 Å². The van der Waals surface area contributed by atoms with Crippen molar-refractivity contribution in [2.75, 3.05) is 11.1 Å². The molecule has 0 spiro atoms. The second-order valence-corrected chi connectivity index (χ2v) is 5.88. The standard InChI is InChI=1S/C13H14FN3O2S/c14-10-3-1-2-9(4-10)8-17-12-5-11(15)6-13(7-12)20(16,18)19/h1-7,17H,8,15H2,(H2,16,18,19). The smallest absolute Gasteiger partial charge is 0.238 e. The number of nitrogen functional groups attached to an aromatic ring is 1. The minimum absolute atomic E-state index is 0.0701. The molecule has 0 radical (unpaired) electrons. The van der Waals surface area contributed by atoms with E-state index < -0.39 is 10.0 Å². The number of rotatable bonds is 4. The molecule has 0 saturated heterocycles. The van der Waals surface area contributed by atoms with Crippen molar-refractivity contribution in [1.29, 1.82) is 0 Å². The quantitative estimate of drug-likeness (QED) is 0.747. The number of anilines is 2. The molecular formula is C13H14FN3O2S. The number of nitrogens with one attached hydrogen (secondary N) is 1. The summed E-state index contributed by atoms with van der Waals surface area (Å²) in [5.74, 6) is -0.331. The zero-order valence-corrected chi connectivity index (χ0v) is 11.3. The van der Waals surface area contributed by atoms with E-state index in [9.17, 15) is 12.8 Å². The first-order valence-corrected chi connectivity index (χ1v) is 7.31. The largest absolute Gasteiger partial charge is 0.399 e. The van der Waals surface area contributed by atoms with Crippen LogP contribution in [0.4, 0.5) is 15.8 Å². The van der Waals surface area contributed by atoms with Crippen LogP contribution in [-0.2, 0) is 16.6 Å². The van der Waals surface area contributed by atoms with E-state index in [4.69, 9.17) is 10.9 Å². The van der Waals surface area contributed by atoms with Crippen molar-refractivity contribution >= 4 is 21.4 Å². The molecule has 5 nitrogen and oxygen atoms in total. The fourth-order valence-corrected chi connectivity index (χ4v) is 2.33. The molecular weight excluding hydrogens is 281 g/mol. The van der Waals surface area contributed by atoms with Gasteiger partial charge in [0.2, 0.25) is 10.0 Å². The Morgan fingerprint density at radius 2 is 1.90 bits per heavy atom. The van der Waals surface area contributed by atoms with Crippen molar-refractivity contribution in [3.8, 4) is 0 Å². The summed E-state index contributed by atoms with van der Waals surface area (Å²) in [6, 6.07) is 10.3. The molecule has 0 fully saturated rings. The van der Waals surface area contributed by atoms with Gasteiger partial charge < -0.3 is 11.1 Å². The van der Waals surface area contributed by atoms with E-state index in [1.54, 1.807) is 18.2 Å². The van der Waals surface area contributed by atoms with Gasteiger partial charge in [-0.15, -0.1) is 0 Å². The summed E-state index contributed by atoms with van der Waals surface area (Å²) in [7, 11) is -3.82. The van der Waals surface area contributed by atoms with Gasteiger partial charge in [0.15, 0.2) is 0 Å². The second kappa shape index (κ2) is 5.48. The van der Waals surface area contributed by atoms with Crippen LogP contribution in [0.1, 0.15) is 5.56 Å². The Bertz CT molecular complexity index is 732. The lowest BCUT2D eigenvalue weighted by Gasteiger charge is -2.09. The summed E-state index contributed by atoms with van der Waals surface area (Å²) in [6.45, 7) is 0.339. The van der Waals surface area contributed by atoms with E-state index in [0.717, 1.165) is 5.56 Å². The molecule has 0 aliphatic rings. The highest BCUT2D eigenvalue weighted by Crippen LogP contribution is 2.20. The molecule has 2 aromatic rings. The van der Waals surface area contributed by atoms with Crippen molar-refractivity contribution in [2.45, 2.75) is 11.4 Å². The molecule has 0 amide bonds. The third-order valence-electron chi connectivity index (χ3n) is 2.64. The highest BCUT2D eigenvalue weighted by molar-refractivity contribution is 7.89. The molecule has 20 heavy (non-hydrogen) atoms. The molecule has 2 aromatic carbocycles. The minimum atomic E-state index is -3.82. The minimum Gasteiger partial charge on any atom is -0.399 e. The normalized spacial score (nSPS) is 11.3. The first-order chi connectivity index (χ1) is 9.34. The summed E-state index contributed by atoms with van der Waals surface area (Å²) < 4.78 is 35.6. The molecule has 106 valence electrons. The van der Waals surface area contributed by atoms with Crippen LogP contribution in [0.3, 0.4) is 0 Å². The van der Waals surface area contributed by atoms with Gasteiger partial charge >= 0.3 is 0 Å². The highest BCUT2D eigenvalue weighted by Gasteiger charge is 2.09. The van der Waals surface area contributed by atoms with Crippen LogP contribution >= 0.6 is 0 Å². The van der Waals surface area contributed by atoms with E-state index in [2.05, 4.69) is 5.32 Å². The summed E-state index contributed by atoms with van der Waals surface area (Å²) in [4.78, 5) is -0.0701. The summed E-state index contributed by atoms with van der Waals surface area (Å²) in [5, 5.41) is 8.04. The van der Waals surface area contributed by atoms with Crippen LogP contribution in [0.5, 0.6) is 0 Å². The topological polar surface area (TPSA) is 98.2 Å². The van der Waals surface area contributed by atoms with Crippen molar-refractivity contribution in [2.24, 2.45) is 5.14 Å². The van der Waals surface area contributed by atoms with E-state index in [1.165, 1.54) is 24.3 Å². The fraction of sp³-hybridized carbons (Fsp3) is 0.0769.